The van der Waals surface area contributed by atoms with Gasteiger partial charge in [0, 0.05) is 24.7 Å². The van der Waals surface area contributed by atoms with E-state index in [1.54, 1.807) is 6.92 Å². The Morgan fingerprint density at radius 1 is 1.55 bits per heavy atom. The van der Waals surface area contributed by atoms with Crippen molar-refractivity contribution in [2.75, 3.05) is 6.61 Å². The normalized spacial score (nSPS) is 17.9. The standard InChI is InChI=1S/C14H17NO5/c1-10-9-12(4-6-13(10)15(17)18)20-14(16)7-5-11-3-2-8-19-11/h4,6,9,11H,2-3,5,7-8H2,1H3. The maximum atomic E-state index is 11.7. The van der Waals surface area contributed by atoms with E-state index >= 15 is 0 Å². The van der Waals surface area contributed by atoms with Crippen LogP contribution in [0.2, 0.25) is 0 Å². The Bertz CT molecular complexity index is 508. The summed E-state index contributed by atoms with van der Waals surface area (Å²) >= 11 is 0. The number of aryl methyl sites for hydroxylation is 1. The van der Waals surface area contributed by atoms with Crippen LogP contribution in [0.4, 0.5) is 5.69 Å². The van der Waals surface area contributed by atoms with Crippen molar-refractivity contribution in [1.29, 1.82) is 0 Å². The van der Waals surface area contributed by atoms with Crippen molar-refractivity contribution >= 4 is 11.7 Å². The van der Waals surface area contributed by atoms with Gasteiger partial charge in [0.2, 0.25) is 0 Å². The Morgan fingerprint density at radius 3 is 2.95 bits per heavy atom. The van der Waals surface area contributed by atoms with E-state index < -0.39 is 4.92 Å². The molecule has 1 saturated heterocycles. The maximum Gasteiger partial charge on any atom is 0.311 e. The van der Waals surface area contributed by atoms with Crippen molar-refractivity contribution in [1.82, 2.24) is 0 Å². The van der Waals surface area contributed by atoms with Gasteiger partial charge in [-0.25, -0.2) is 0 Å². The van der Waals surface area contributed by atoms with E-state index in [1.807, 2.05) is 0 Å². The molecular formula is C14H17NO5. The van der Waals surface area contributed by atoms with Crippen LogP contribution in [-0.4, -0.2) is 23.6 Å². The molecule has 1 heterocycles. The minimum atomic E-state index is -0.460. The number of nitro benzene ring substituents is 1. The van der Waals surface area contributed by atoms with E-state index in [9.17, 15) is 14.9 Å². The summed E-state index contributed by atoms with van der Waals surface area (Å²) in [6, 6.07) is 4.29. The fraction of sp³-hybridized carbons (Fsp3) is 0.500. The zero-order chi connectivity index (χ0) is 14.5. The second kappa shape index (κ2) is 6.47. The van der Waals surface area contributed by atoms with Gasteiger partial charge in [-0.15, -0.1) is 0 Å². The number of rotatable bonds is 5. The van der Waals surface area contributed by atoms with Gasteiger partial charge in [-0.05, 0) is 38.3 Å². The second-order valence-electron chi connectivity index (χ2n) is 4.85. The Morgan fingerprint density at radius 2 is 2.35 bits per heavy atom. The number of benzene rings is 1. The number of esters is 1. The number of ether oxygens (including phenoxy) is 2. The first-order valence-corrected chi connectivity index (χ1v) is 6.63. The molecule has 1 aromatic rings. The molecule has 108 valence electrons. The first-order chi connectivity index (χ1) is 9.56. The quantitative estimate of drug-likeness (QED) is 0.358. The number of hydrogen-bond donors (Lipinski definition) is 0. The third kappa shape index (κ3) is 3.77. The minimum absolute atomic E-state index is 0.0177. The van der Waals surface area contributed by atoms with Gasteiger partial charge in [-0.3, -0.25) is 14.9 Å². The SMILES string of the molecule is Cc1cc(OC(=O)CCC2CCCO2)ccc1[N+](=O)[O-]. The fourth-order valence-electron chi connectivity index (χ4n) is 2.23. The molecule has 0 saturated carbocycles. The fourth-order valence-corrected chi connectivity index (χ4v) is 2.23. The van der Waals surface area contributed by atoms with Gasteiger partial charge in [0.05, 0.1) is 11.0 Å². The van der Waals surface area contributed by atoms with E-state index in [-0.39, 0.29) is 17.8 Å². The van der Waals surface area contributed by atoms with Gasteiger partial charge in [-0.1, -0.05) is 0 Å². The van der Waals surface area contributed by atoms with Crippen LogP contribution >= 0.6 is 0 Å². The molecule has 0 aliphatic carbocycles. The van der Waals surface area contributed by atoms with Gasteiger partial charge in [0.1, 0.15) is 5.75 Å². The van der Waals surface area contributed by atoms with Gasteiger partial charge < -0.3 is 9.47 Å². The van der Waals surface area contributed by atoms with Gasteiger partial charge in [-0.2, -0.15) is 0 Å². The summed E-state index contributed by atoms with van der Waals surface area (Å²) in [6.45, 7) is 2.38. The highest BCUT2D eigenvalue weighted by molar-refractivity contribution is 5.72. The molecular weight excluding hydrogens is 262 g/mol. The molecule has 6 nitrogen and oxygen atoms in total. The summed E-state index contributed by atoms with van der Waals surface area (Å²) in [4.78, 5) is 21.9. The molecule has 1 aliphatic heterocycles. The van der Waals surface area contributed by atoms with Crippen molar-refractivity contribution in [2.24, 2.45) is 0 Å². The van der Waals surface area contributed by atoms with Crippen molar-refractivity contribution in [3.63, 3.8) is 0 Å². The maximum absolute atomic E-state index is 11.7. The van der Waals surface area contributed by atoms with E-state index in [1.165, 1.54) is 18.2 Å². The number of carbonyl (C=O) groups excluding carboxylic acids is 1. The lowest BCUT2D eigenvalue weighted by Crippen LogP contribution is -2.13. The number of nitrogens with zero attached hydrogens (tertiary/aromatic N) is 1. The average Bonchev–Trinajstić information content (AvgIpc) is 2.89. The molecule has 1 aliphatic rings. The van der Waals surface area contributed by atoms with Gasteiger partial charge in [0.15, 0.2) is 0 Å². The summed E-state index contributed by atoms with van der Waals surface area (Å²) < 4.78 is 10.6. The largest absolute Gasteiger partial charge is 0.427 e. The van der Waals surface area contributed by atoms with E-state index in [0.717, 1.165) is 19.4 Å². The molecule has 0 spiro atoms. The molecule has 0 aromatic heterocycles. The van der Waals surface area contributed by atoms with Crippen LogP contribution in [0.1, 0.15) is 31.2 Å². The number of nitro groups is 1. The van der Waals surface area contributed by atoms with Crippen LogP contribution in [0.5, 0.6) is 5.75 Å². The predicted octanol–water partition coefficient (Wildman–Crippen LogP) is 2.77. The Balaban J connectivity index is 1.87. The smallest absolute Gasteiger partial charge is 0.311 e. The van der Waals surface area contributed by atoms with Crippen LogP contribution in [0, 0.1) is 17.0 Å². The summed E-state index contributed by atoms with van der Waals surface area (Å²) in [5.74, 6) is -0.000747. The Hall–Kier alpha value is -1.95. The zero-order valence-corrected chi connectivity index (χ0v) is 11.3. The van der Waals surface area contributed by atoms with Crippen molar-refractivity contribution in [3.8, 4) is 5.75 Å². The molecule has 1 aromatic carbocycles. The third-order valence-corrected chi connectivity index (χ3v) is 3.29. The topological polar surface area (TPSA) is 78.7 Å². The number of hydrogen-bond acceptors (Lipinski definition) is 5. The highest BCUT2D eigenvalue weighted by Crippen LogP contribution is 2.24. The molecule has 6 heteroatoms. The second-order valence-corrected chi connectivity index (χ2v) is 4.85. The molecule has 0 amide bonds. The zero-order valence-electron chi connectivity index (χ0n) is 11.3. The highest BCUT2D eigenvalue weighted by atomic mass is 16.6. The predicted molar refractivity (Wildman–Crippen MR) is 71.7 cm³/mol. The molecule has 1 fully saturated rings. The molecule has 1 atom stereocenters. The summed E-state index contributed by atoms with van der Waals surface area (Å²) in [7, 11) is 0. The lowest BCUT2D eigenvalue weighted by molar-refractivity contribution is -0.385. The van der Waals surface area contributed by atoms with Crippen molar-refractivity contribution < 1.29 is 19.2 Å². The van der Waals surface area contributed by atoms with Crippen LogP contribution in [0.3, 0.4) is 0 Å². The van der Waals surface area contributed by atoms with Gasteiger partial charge >= 0.3 is 5.97 Å². The molecule has 20 heavy (non-hydrogen) atoms. The van der Waals surface area contributed by atoms with Crippen LogP contribution < -0.4 is 4.74 Å². The molecule has 2 rings (SSSR count). The Labute approximate surface area is 116 Å². The third-order valence-electron chi connectivity index (χ3n) is 3.29. The van der Waals surface area contributed by atoms with E-state index in [0.29, 0.717) is 24.2 Å². The molecule has 1 unspecified atom stereocenters. The lowest BCUT2D eigenvalue weighted by atomic mass is 10.1. The lowest BCUT2D eigenvalue weighted by Gasteiger charge is -2.09. The summed E-state index contributed by atoms with van der Waals surface area (Å²) in [5.41, 5.74) is 0.489. The first-order valence-electron chi connectivity index (χ1n) is 6.63. The van der Waals surface area contributed by atoms with Gasteiger partial charge in [0.25, 0.3) is 5.69 Å². The minimum Gasteiger partial charge on any atom is -0.427 e. The Kier molecular flexibility index (Phi) is 4.68. The summed E-state index contributed by atoms with van der Waals surface area (Å²) in [5, 5.41) is 10.7. The highest BCUT2D eigenvalue weighted by Gasteiger charge is 2.18. The van der Waals surface area contributed by atoms with Crippen molar-refractivity contribution in [2.45, 2.75) is 38.7 Å². The number of carbonyl (C=O) groups is 1. The summed E-state index contributed by atoms with van der Waals surface area (Å²) in [6.07, 6.45) is 3.14. The molecule has 0 bridgehead atoms. The van der Waals surface area contributed by atoms with E-state index in [4.69, 9.17) is 9.47 Å². The van der Waals surface area contributed by atoms with E-state index in [2.05, 4.69) is 0 Å². The van der Waals surface area contributed by atoms with Crippen molar-refractivity contribution in [3.05, 3.63) is 33.9 Å². The average molecular weight is 279 g/mol. The van der Waals surface area contributed by atoms with Crippen LogP contribution in [0.25, 0.3) is 0 Å². The molecule has 0 radical (unpaired) electrons. The van der Waals surface area contributed by atoms with Crippen LogP contribution in [0.15, 0.2) is 18.2 Å². The molecule has 0 N–H and O–H groups in total. The monoisotopic (exact) mass is 279 g/mol. The first kappa shape index (κ1) is 14.5. The van der Waals surface area contributed by atoms with Crippen LogP contribution in [-0.2, 0) is 9.53 Å².